The Balaban J connectivity index is 1.47. The van der Waals surface area contributed by atoms with Crippen LogP contribution in [-0.4, -0.2) is 30.4 Å². The first kappa shape index (κ1) is 23.7. The molecule has 1 aromatic heterocycles. The molecule has 7 heteroatoms. The van der Waals surface area contributed by atoms with E-state index >= 15 is 0 Å². The summed E-state index contributed by atoms with van der Waals surface area (Å²) in [6, 6.07) is 17.4. The average molecular weight is 467 g/mol. The van der Waals surface area contributed by atoms with Crippen molar-refractivity contribution >= 4 is 0 Å². The Morgan fingerprint density at radius 2 is 1.76 bits per heavy atom. The molecule has 3 aromatic rings. The maximum absolute atomic E-state index is 12.6. The summed E-state index contributed by atoms with van der Waals surface area (Å²) in [7, 11) is 1.58. The number of pyridine rings is 1. The molecule has 1 saturated carbocycles. The van der Waals surface area contributed by atoms with Crippen LogP contribution in [0.4, 0.5) is 8.78 Å². The van der Waals surface area contributed by atoms with Crippen molar-refractivity contribution in [1.29, 1.82) is 0 Å². The molecule has 0 aliphatic heterocycles. The van der Waals surface area contributed by atoms with E-state index in [1.54, 1.807) is 13.2 Å². The van der Waals surface area contributed by atoms with E-state index in [0.717, 1.165) is 40.8 Å². The van der Waals surface area contributed by atoms with Gasteiger partial charge in [0.15, 0.2) is 0 Å². The molecule has 4 rings (SSSR count). The summed E-state index contributed by atoms with van der Waals surface area (Å²) in [6.07, 6.45) is 5.50. The highest BCUT2D eigenvalue weighted by Gasteiger charge is 2.14. The number of halogens is 2. The molecule has 0 radical (unpaired) electrons. The topological polar surface area (TPSA) is 63.6 Å². The maximum atomic E-state index is 12.6. The Kier molecular flexibility index (Phi) is 7.75. The minimum Gasteiger partial charge on any atom is -0.496 e. The molecule has 34 heavy (non-hydrogen) atoms. The van der Waals surface area contributed by atoms with Gasteiger partial charge < -0.3 is 19.9 Å². The monoisotopic (exact) mass is 466 g/mol. The van der Waals surface area contributed by atoms with Gasteiger partial charge in [-0.25, -0.2) is 4.98 Å². The zero-order valence-corrected chi connectivity index (χ0v) is 19.1. The summed E-state index contributed by atoms with van der Waals surface area (Å²) in [5, 5.41) is 12.9. The number of methoxy groups -OCH3 is 1. The van der Waals surface area contributed by atoms with Gasteiger partial charge in [-0.05, 0) is 71.7 Å². The molecule has 1 fully saturated rings. The zero-order chi connectivity index (χ0) is 23.9. The smallest absolute Gasteiger partial charge is 0.388 e. The fraction of sp³-hybridized carbons (Fsp3) is 0.296. The van der Waals surface area contributed by atoms with E-state index in [-0.39, 0.29) is 12.5 Å². The summed E-state index contributed by atoms with van der Waals surface area (Å²) in [5.74, 6) is 0.501. The van der Waals surface area contributed by atoms with Crippen LogP contribution in [0.25, 0.3) is 11.1 Å². The van der Waals surface area contributed by atoms with Gasteiger partial charge in [-0.15, -0.1) is 0 Å². The summed E-state index contributed by atoms with van der Waals surface area (Å²) in [6.45, 7) is -2.20. The number of aromatic nitrogens is 1. The van der Waals surface area contributed by atoms with Gasteiger partial charge in [0, 0.05) is 30.1 Å². The van der Waals surface area contributed by atoms with E-state index in [4.69, 9.17) is 4.74 Å². The van der Waals surface area contributed by atoms with E-state index in [1.807, 2.05) is 18.2 Å². The lowest BCUT2D eigenvalue weighted by atomic mass is 9.90. The zero-order valence-electron chi connectivity index (χ0n) is 19.1. The summed E-state index contributed by atoms with van der Waals surface area (Å²) in [5.41, 5.74) is 7.11. The first-order chi connectivity index (χ1) is 16.6. The highest BCUT2D eigenvalue weighted by atomic mass is 19.3. The lowest BCUT2D eigenvalue weighted by molar-refractivity contribution is -0.0528. The van der Waals surface area contributed by atoms with E-state index in [1.165, 1.54) is 24.3 Å². The minimum atomic E-state index is -2.93. The van der Waals surface area contributed by atoms with Gasteiger partial charge in [-0.1, -0.05) is 30.3 Å². The van der Waals surface area contributed by atoms with Crippen LogP contribution >= 0.6 is 0 Å². The summed E-state index contributed by atoms with van der Waals surface area (Å²) < 4.78 is 35.1. The van der Waals surface area contributed by atoms with Crippen LogP contribution in [0.5, 0.6) is 11.6 Å². The molecular formula is C27H28F2N2O3. The molecule has 1 heterocycles. The van der Waals surface area contributed by atoms with Crippen LogP contribution in [0.1, 0.15) is 36.0 Å². The fourth-order valence-electron chi connectivity index (χ4n) is 3.99. The second-order valence-corrected chi connectivity index (χ2v) is 8.24. The minimum absolute atomic E-state index is 0.0560. The van der Waals surface area contributed by atoms with Crippen LogP contribution in [0.15, 0.2) is 72.1 Å². The molecule has 0 unspecified atom stereocenters. The number of rotatable bonds is 10. The van der Waals surface area contributed by atoms with Crippen molar-refractivity contribution in [3.05, 3.63) is 88.8 Å². The van der Waals surface area contributed by atoms with Crippen molar-refractivity contribution < 1.29 is 23.4 Å². The number of hydrogen-bond donors (Lipinski definition) is 2. The largest absolute Gasteiger partial charge is 0.496 e. The summed E-state index contributed by atoms with van der Waals surface area (Å²) >= 11 is 0. The maximum Gasteiger partial charge on any atom is 0.388 e. The molecule has 1 aliphatic carbocycles. The van der Waals surface area contributed by atoms with Crippen LogP contribution in [0, 0.1) is 0 Å². The van der Waals surface area contributed by atoms with Crippen LogP contribution in [-0.2, 0) is 13.0 Å². The third-order valence-corrected chi connectivity index (χ3v) is 6.00. The molecule has 178 valence electrons. The molecule has 0 atom stereocenters. The molecule has 0 amide bonds. The van der Waals surface area contributed by atoms with Crippen molar-refractivity contribution in [3.63, 3.8) is 0 Å². The van der Waals surface area contributed by atoms with Gasteiger partial charge in [-0.2, -0.15) is 8.78 Å². The van der Waals surface area contributed by atoms with Gasteiger partial charge in [0.1, 0.15) is 5.75 Å². The van der Waals surface area contributed by atoms with Gasteiger partial charge in [-0.3, -0.25) is 0 Å². The quantitative estimate of drug-likeness (QED) is 0.415. The fourth-order valence-corrected chi connectivity index (χ4v) is 3.99. The molecule has 0 saturated heterocycles. The number of nitrogens with zero attached hydrogens (tertiary/aromatic N) is 1. The van der Waals surface area contributed by atoms with Gasteiger partial charge >= 0.3 is 6.61 Å². The molecule has 0 spiro atoms. The number of ether oxygens (including phenoxy) is 2. The SMILES string of the molecule is COc1ccc(Cc2ccc(CNC(CO)=C3CCC3)cc2)cc1-c1ccnc(OC(F)F)c1. The van der Waals surface area contributed by atoms with Crippen molar-refractivity contribution in [3.8, 4) is 22.8 Å². The van der Waals surface area contributed by atoms with Gasteiger partial charge in [0.05, 0.1) is 13.7 Å². The molecule has 1 aliphatic rings. The first-order valence-corrected chi connectivity index (χ1v) is 11.3. The molecule has 2 aromatic carbocycles. The predicted octanol–water partition coefficient (Wildman–Crippen LogP) is 5.47. The Labute approximate surface area is 198 Å². The predicted molar refractivity (Wildman–Crippen MR) is 127 cm³/mol. The van der Waals surface area contributed by atoms with Crippen LogP contribution in [0.2, 0.25) is 0 Å². The van der Waals surface area contributed by atoms with Crippen LogP contribution < -0.4 is 14.8 Å². The molecule has 5 nitrogen and oxygen atoms in total. The average Bonchev–Trinajstić information content (AvgIpc) is 2.81. The van der Waals surface area contributed by atoms with E-state index in [9.17, 15) is 13.9 Å². The lowest BCUT2D eigenvalue weighted by Crippen LogP contribution is -2.20. The Morgan fingerprint density at radius 1 is 1.03 bits per heavy atom. The van der Waals surface area contributed by atoms with Crippen molar-refractivity contribution in [1.82, 2.24) is 10.3 Å². The number of alkyl halides is 2. The standard InChI is InChI=1S/C27H28F2N2O3/c1-33-25-10-9-20(14-23(25)22-11-12-30-26(15-22)34-27(28)29)13-18-5-7-19(8-6-18)16-31-24(17-32)21-3-2-4-21/h5-12,14-15,27,31-32H,2-4,13,16-17H2,1H3. The number of nitrogens with one attached hydrogen (secondary N) is 1. The number of aliphatic hydroxyl groups is 1. The van der Waals surface area contributed by atoms with E-state index < -0.39 is 6.61 Å². The highest BCUT2D eigenvalue weighted by molar-refractivity contribution is 5.72. The van der Waals surface area contributed by atoms with Crippen LogP contribution in [0.3, 0.4) is 0 Å². The Hall–Kier alpha value is -3.45. The molecule has 2 N–H and O–H groups in total. The molecule has 0 bridgehead atoms. The van der Waals surface area contributed by atoms with Gasteiger partial charge in [0.25, 0.3) is 0 Å². The number of allylic oxidation sites excluding steroid dienone is 1. The lowest BCUT2D eigenvalue weighted by Gasteiger charge is -2.22. The van der Waals surface area contributed by atoms with Crippen molar-refractivity contribution in [2.24, 2.45) is 0 Å². The van der Waals surface area contributed by atoms with E-state index in [2.05, 4.69) is 39.3 Å². The number of benzene rings is 2. The first-order valence-electron chi connectivity index (χ1n) is 11.3. The highest BCUT2D eigenvalue weighted by Crippen LogP contribution is 2.33. The molecular weight excluding hydrogens is 438 g/mol. The second kappa shape index (κ2) is 11.1. The summed E-state index contributed by atoms with van der Waals surface area (Å²) in [4.78, 5) is 3.84. The number of aliphatic hydroxyl groups excluding tert-OH is 1. The number of hydrogen-bond acceptors (Lipinski definition) is 5. The van der Waals surface area contributed by atoms with E-state index in [0.29, 0.717) is 24.3 Å². The Morgan fingerprint density at radius 3 is 2.41 bits per heavy atom. The third kappa shape index (κ3) is 5.91. The van der Waals surface area contributed by atoms with Gasteiger partial charge in [0.2, 0.25) is 5.88 Å². The normalized spacial score (nSPS) is 12.9. The third-order valence-electron chi connectivity index (χ3n) is 6.00. The van der Waals surface area contributed by atoms with Crippen molar-refractivity contribution in [2.75, 3.05) is 13.7 Å². The second-order valence-electron chi connectivity index (χ2n) is 8.24. The van der Waals surface area contributed by atoms with Crippen molar-refractivity contribution in [2.45, 2.75) is 38.8 Å². The Bertz CT molecular complexity index is 1140.